The number of ether oxygens (including phenoxy) is 8. The maximum Gasteiger partial charge on any atom is 0.326 e. The molecule has 0 aliphatic rings. The number of carbonyl (C=O) groups excluding carboxylic acids is 11. The molecule has 33 heteroatoms. The fourth-order valence-corrected chi connectivity index (χ4v) is 11.6. The molecule has 0 bridgehead atoms. The number of nitrogens with one attached hydrogen (secondary N) is 5. The molecule has 4 atom stereocenters. The number of amides is 5. The van der Waals surface area contributed by atoms with Crippen LogP contribution in [0.4, 0.5) is 0 Å². The fourth-order valence-electron chi connectivity index (χ4n) is 11.6. The molecular weight excluding hydrogens is 1480 g/mol. The fraction of sp³-hybridized carbons (Fsp3) is 0.812. The monoisotopic (exact) mass is 1610 g/mol. The van der Waals surface area contributed by atoms with Crippen LogP contribution in [-0.4, -0.2) is 252 Å². The minimum atomic E-state index is -1.20. The van der Waals surface area contributed by atoms with Crippen molar-refractivity contribution >= 4 is 88.1 Å². The number of unbranched alkanes of at least 4 members (excludes halogenated alkanes) is 16. The second-order valence-electron chi connectivity index (χ2n) is 29.1. The van der Waals surface area contributed by atoms with Crippen molar-refractivity contribution in [1.82, 2.24) is 26.6 Å². The van der Waals surface area contributed by atoms with Crippen LogP contribution in [0.15, 0.2) is 0 Å². The van der Waals surface area contributed by atoms with Crippen LogP contribution in [0.3, 0.4) is 0 Å². The Kier molecular flexibility index (Phi) is 66.9. The molecule has 0 aromatic rings. The Morgan fingerprint density at radius 3 is 1.14 bits per heavy atom. The molecule has 0 saturated carbocycles. The molecule has 0 aromatic heterocycles. The van der Waals surface area contributed by atoms with Gasteiger partial charge in [0.1, 0.15) is 55.6 Å². The van der Waals surface area contributed by atoms with Gasteiger partial charge in [-0.25, -0.2) is 4.79 Å². The van der Waals surface area contributed by atoms with E-state index >= 15 is 0 Å². The molecule has 0 fully saturated rings. The summed E-state index contributed by atoms with van der Waals surface area (Å²) >= 11 is 0. The van der Waals surface area contributed by atoms with Crippen LogP contribution >= 0.6 is 0 Å². The summed E-state index contributed by atoms with van der Waals surface area (Å²) in [6.07, 6.45) is 18.7. The Labute approximate surface area is 667 Å². The van der Waals surface area contributed by atoms with Gasteiger partial charge in [0.15, 0.2) is 11.6 Å². The normalized spacial score (nSPS) is 12.4. The predicted octanol–water partition coefficient (Wildman–Crippen LogP) is 6.86. The van der Waals surface area contributed by atoms with E-state index in [2.05, 4.69) is 26.6 Å². The van der Waals surface area contributed by atoms with E-state index in [-0.39, 0.29) is 253 Å². The van der Waals surface area contributed by atoms with Gasteiger partial charge in [-0.1, -0.05) is 89.9 Å². The molecule has 0 aliphatic carbocycles. The van der Waals surface area contributed by atoms with Crippen LogP contribution in [-0.2, 0) is 110 Å². The summed E-state index contributed by atoms with van der Waals surface area (Å²) in [4.78, 5) is 183. The average molecular weight is 1620 g/mol. The summed E-state index contributed by atoms with van der Waals surface area (Å²) in [7, 11) is 0. The number of hydrogen-bond acceptors (Lipinski definition) is 24. The molecule has 0 heterocycles. The minimum absolute atomic E-state index is 0.00309. The van der Waals surface area contributed by atoms with Gasteiger partial charge in [0.05, 0.1) is 77.5 Å². The number of carbonyl (C=O) groups is 15. The molecule has 0 spiro atoms. The van der Waals surface area contributed by atoms with Gasteiger partial charge in [0.2, 0.25) is 29.5 Å². The molecular formula is C80H138N6O27. The van der Waals surface area contributed by atoms with Gasteiger partial charge in [0, 0.05) is 122 Å². The van der Waals surface area contributed by atoms with E-state index in [1.165, 1.54) is 6.92 Å². The second-order valence-corrected chi connectivity index (χ2v) is 29.1. The zero-order valence-electron chi connectivity index (χ0n) is 67.9. The number of hydrogen-bond donors (Lipinski definition) is 10. The quantitative estimate of drug-likeness (QED) is 0.0278. The number of carboxylic acid groups (broad SMARTS) is 4. The zero-order chi connectivity index (χ0) is 84.0. The minimum Gasteiger partial charge on any atom is -0.481 e. The van der Waals surface area contributed by atoms with Crippen molar-refractivity contribution < 1.29 is 130 Å². The third-order valence-electron chi connectivity index (χ3n) is 18.3. The summed E-state index contributed by atoms with van der Waals surface area (Å²) < 4.78 is 43.4. The standard InChI is InChI=1S/C80H138N6O27/c1-61(87)62(26-20-22-38-82-74(96)59-113-53-49-109-45-41-85-75(97)60-112-52-46-106-42-24-29-65(88)35-36-68(79(104)105)86-72(94)31-17-13-9-5-7-11-15-19-33-77(100)101)55-69(91)63(56-70(92)80(2,3)81)27-21-23-39-83-73(95)58-111-51-47-107-43-25-30-67(90)57-110-50-48-108-44-40-84-71(93)37-34-64(78(102)103)54-66(89)28-16-12-8-4-6-10-14-18-32-76(98)99/h62-64,68H,4-60,81H2,1-3H3,(H,82,96)(H,83,95)(H,84,93)(H,85,97)(H,86,94)(H,98,99)(H,100,101)(H,102,103)(H,104,105)/t62-,63-,64-,68+/m1/s1. The molecule has 0 radical (unpaired) electrons. The maximum absolute atomic E-state index is 13.7. The van der Waals surface area contributed by atoms with Crippen LogP contribution in [0.2, 0.25) is 0 Å². The lowest BCUT2D eigenvalue weighted by molar-refractivity contribution is -0.144. The zero-order valence-corrected chi connectivity index (χ0v) is 67.9. The Morgan fingerprint density at radius 2 is 0.699 bits per heavy atom. The average Bonchev–Trinajstić information content (AvgIpc) is 0.869. The van der Waals surface area contributed by atoms with E-state index in [1.807, 2.05) is 0 Å². The molecule has 0 saturated heterocycles. The summed E-state index contributed by atoms with van der Waals surface area (Å²) in [6.45, 7) is 7.08. The van der Waals surface area contributed by atoms with Gasteiger partial charge < -0.3 is 90.6 Å². The molecule has 650 valence electrons. The number of aliphatic carboxylic acids is 4. The maximum atomic E-state index is 13.7. The molecule has 0 unspecified atom stereocenters. The number of rotatable bonds is 84. The van der Waals surface area contributed by atoms with Gasteiger partial charge in [0.25, 0.3) is 0 Å². The first kappa shape index (κ1) is 106. The van der Waals surface area contributed by atoms with E-state index in [9.17, 15) is 82.1 Å². The van der Waals surface area contributed by atoms with Crippen LogP contribution in [0.1, 0.15) is 258 Å². The first-order valence-electron chi connectivity index (χ1n) is 40.9. The van der Waals surface area contributed by atoms with Crippen molar-refractivity contribution in [3.8, 4) is 0 Å². The van der Waals surface area contributed by atoms with E-state index in [0.717, 1.165) is 77.0 Å². The lowest BCUT2D eigenvalue weighted by Crippen LogP contribution is -2.43. The molecule has 11 N–H and O–H groups in total. The van der Waals surface area contributed by atoms with E-state index < -0.39 is 53.2 Å². The topological polar surface area (TPSA) is 497 Å². The third kappa shape index (κ3) is 69.0. The van der Waals surface area contributed by atoms with Crippen molar-refractivity contribution in [2.45, 2.75) is 270 Å². The summed E-state index contributed by atoms with van der Waals surface area (Å²) in [6, 6.07) is -1.16. The predicted molar refractivity (Wildman–Crippen MR) is 416 cm³/mol. The highest BCUT2D eigenvalue weighted by Crippen LogP contribution is 2.25. The number of ketones is 6. The highest BCUT2D eigenvalue weighted by Gasteiger charge is 2.31. The smallest absolute Gasteiger partial charge is 0.326 e. The molecule has 0 aliphatic heterocycles. The van der Waals surface area contributed by atoms with Gasteiger partial charge in [-0.3, -0.25) is 67.1 Å². The number of Topliss-reactive ketones (excluding diaryl/α,β-unsaturated/α-hetero) is 6. The number of nitrogens with two attached hydrogens (primary N) is 1. The van der Waals surface area contributed by atoms with E-state index in [4.69, 9.17) is 53.8 Å². The molecule has 0 rings (SSSR count). The van der Waals surface area contributed by atoms with E-state index in [0.29, 0.717) is 103 Å². The van der Waals surface area contributed by atoms with Crippen molar-refractivity contribution in [1.29, 1.82) is 0 Å². The first-order chi connectivity index (χ1) is 54.1. The van der Waals surface area contributed by atoms with Crippen LogP contribution in [0.25, 0.3) is 0 Å². The van der Waals surface area contributed by atoms with Crippen molar-refractivity contribution in [3.05, 3.63) is 0 Å². The Bertz CT molecular complexity index is 2710. The Hall–Kier alpha value is -7.11. The first-order valence-corrected chi connectivity index (χ1v) is 40.9. The Morgan fingerprint density at radius 1 is 0.310 bits per heavy atom. The highest BCUT2D eigenvalue weighted by molar-refractivity contribution is 5.94. The van der Waals surface area contributed by atoms with Crippen molar-refractivity contribution in [2.75, 3.05) is 132 Å². The van der Waals surface area contributed by atoms with Gasteiger partial charge in [-0.15, -0.1) is 0 Å². The van der Waals surface area contributed by atoms with Crippen molar-refractivity contribution in [2.24, 2.45) is 23.5 Å². The van der Waals surface area contributed by atoms with Crippen LogP contribution in [0.5, 0.6) is 0 Å². The van der Waals surface area contributed by atoms with Gasteiger partial charge in [-0.2, -0.15) is 0 Å². The summed E-state index contributed by atoms with van der Waals surface area (Å²) in [5.41, 5.74) is 4.92. The lowest BCUT2D eigenvalue weighted by atomic mass is 9.82. The molecule has 33 nitrogen and oxygen atoms in total. The SMILES string of the molecule is CC(=O)[C@H](CCCCNC(=O)COCCOCCNC(=O)COCCOCCCC(=O)CC[C@H](NC(=O)CCCCCCCCCCC(=O)O)C(=O)O)CC(=O)[C@H](CCCCNC(=O)COCCOCCCC(=O)COCCOCCNC(=O)CC[C@H](CC(=O)CCCCCCCCCCC(=O)O)C(=O)O)CC(=O)C(C)(C)N. The molecule has 5 amide bonds. The highest BCUT2D eigenvalue weighted by atomic mass is 16.5. The van der Waals surface area contributed by atoms with Gasteiger partial charge >= 0.3 is 23.9 Å². The summed E-state index contributed by atoms with van der Waals surface area (Å²) in [5.74, 6) is -8.93. The second kappa shape index (κ2) is 71.4. The Balaban J connectivity index is 4.15. The van der Waals surface area contributed by atoms with Crippen LogP contribution in [0, 0.1) is 17.8 Å². The summed E-state index contributed by atoms with van der Waals surface area (Å²) in [5, 5.41) is 49.9. The van der Waals surface area contributed by atoms with Crippen molar-refractivity contribution in [3.63, 3.8) is 0 Å². The largest absolute Gasteiger partial charge is 0.481 e. The molecule has 0 aromatic carbocycles. The number of carboxylic acids is 4. The lowest BCUT2D eigenvalue weighted by Gasteiger charge is -2.23. The van der Waals surface area contributed by atoms with Gasteiger partial charge in [-0.05, 0) is 97.8 Å². The molecule has 113 heavy (non-hydrogen) atoms. The van der Waals surface area contributed by atoms with Crippen LogP contribution < -0.4 is 32.3 Å². The third-order valence-corrected chi connectivity index (χ3v) is 18.3. The van der Waals surface area contributed by atoms with E-state index in [1.54, 1.807) is 13.8 Å².